The Labute approximate surface area is 214 Å². The van der Waals surface area contributed by atoms with Gasteiger partial charge in [0, 0.05) is 16.5 Å². The van der Waals surface area contributed by atoms with Crippen molar-refractivity contribution in [1.82, 2.24) is 24.3 Å². The Balaban J connectivity index is 1.58. The maximum Gasteiger partial charge on any atom is 0.278 e. The lowest BCUT2D eigenvalue weighted by molar-refractivity contribution is -0.116. The first-order valence-electron chi connectivity index (χ1n) is 12.2. The van der Waals surface area contributed by atoms with Crippen molar-refractivity contribution in [2.45, 2.75) is 60.0 Å². The predicted octanol–water partition coefficient (Wildman–Crippen LogP) is 4.64. The van der Waals surface area contributed by atoms with Crippen LogP contribution in [0, 0.1) is 20.8 Å². The molecule has 2 aromatic carbocycles. The number of aromatic nitrogens is 5. The predicted molar refractivity (Wildman–Crippen MR) is 143 cm³/mol. The molecule has 0 unspecified atom stereocenters. The van der Waals surface area contributed by atoms with E-state index in [2.05, 4.69) is 20.4 Å². The van der Waals surface area contributed by atoms with Crippen LogP contribution in [0.4, 0.5) is 5.69 Å². The van der Waals surface area contributed by atoms with Crippen LogP contribution < -0.4 is 10.9 Å². The van der Waals surface area contributed by atoms with Crippen LogP contribution in [0.5, 0.6) is 0 Å². The number of anilines is 1. The Hall–Kier alpha value is -4.27. The zero-order chi connectivity index (χ0) is 26.5. The largest absolute Gasteiger partial charge is 0.337 e. The van der Waals surface area contributed by atoms with Crippen molar-refractivity contribution in [1.29, 1.82) is 0 Å². The maximum absolute atomic E-state index is 13.7. The second kappa shape index (κ2) is 8.99. The lowest BCUT2D eigenvalue weighted by Crippen LogP contribution is -2.26. The molecule has 0 saturated carbocycles. The van der Waals surface area contributed by atoms with Gasteiger partial charge in [0.25, 0.3) is 5.56 Å². The Morgan fingerprint density at radius 1 is 1.11 bits per heavy atom. The van der Waals surface area contributed by atoms with Gasteiger partial charge in [-0.25, -0.2) is 4.98 Å². The Morgan fingerprint density at radius 3 is 2.62 bits per heavy atom. The molecule has 1 N–H and O–H groups in total. The highest BCUT2D eigenvalue weighted by Gasteiger charge is 2.23. The zero-order valence-electron chi connectivity index (χ0n) is 21.9. The van der Waals surface area contributed by atoms with Crippen molar-refractivity contribution < 1.29 is 9.32 Å². The molecule has 9 heteroatoms. The highest BCUT2D eigenvalue weighted by Crippen LogP contribution is 2.27. The standard InChI is InChI=1S/C28H30N6O3/c1-16-10-11-21-19(12-16)24-25(34(21)13-22(35)30-20-9-7-8-17(2)18(20)3)26(36)33(15-29-24)14-23-31-27(32-37-23)28(4,5)6/h7-12,15H,13-14H2,1-6H3,(H,30,35). The molecular weight excluding hydrogens is 468 g/mol. The summed E-state index contributed by atoms with van der Waals surface area (Å²) in [5.41, 5.74) is 5.01. The monoisotopic (exact) mass is 498 g/mol. The number of carbonyl (C=O) groups excluding carboxylic acids is 1. The van der Waals surface area contributed by atoms with Crippen molar-refractivity contribution in [3.63, 3.8) is 0 Å². The minimum absolute atomic E-state index is 0.0356. The van der Waals surface area contributed by atoms with Gasteiger partial charge in [-0.05, 0) is 50.1 Å². The summed E-state index contributed by atoms with van der Waals surface area (Å²) < 4.78 is 8.58. The minimum atomic E-state index is -0.283. The number of fused-ring (bicyclic) bond motifs is 3. The topological polar surface area (TPSA) is 108 Å². The summed E-state index contributed by atoms with van der Waals surface area (Å²) in [5.74, 6) is 0.659. The van der Waals surface area contributed by atoms with Crippen LogP contribution in [-0.2, 0) is 23.3 Å². The summed E-state index contributed by atoms with van der Waals surface area (Å²) in [6, 6.07) is 11.7. The minimum Gasteiger partial charge on any atom is -0.337 e. The van der Waals surface area contributed by atoms with Gasteiger partial charge in [0.05, 0.1) is 11.8 Å². The highest BCUT2D eigenvalue weighted by atomic mass is 16.5. The number of hydrogen-bond acceptors (Lipinski definition) is 6. The second-order valence-electron chi connectivity index (χ2n) is 10.5. The first-order chi connectivity index (χ1) is 17.5. The number of carbonyl (C=O) groups is 1. The number of nitrogens with one attached hydrogen (secondary N) is 1. The number of amides is 1. The van der Waals surface area contributed by atoms with Crippen molar-refractivity contribution in [3.05, 3.63) is 81.5 Å². The van der Waals surface area contributed by atoms with Gasteiger partial charge in [-0.2, -0.15) is 4.98 Å². The molecule has 0 bridgehead atoms. The fraction of sp³-hybridized carbons (Fsp3) is 0.321. The Bertz CT molecular complexity index is 1720. The van der Waals surface area contributed by atoms with E-state index in [0.29, 0.717) is 22.7 Å². The van der Waals surface area contributed by atoms with E-state index in [-0.39, 0.29) is 30.0 Å². The number of benzene rings is 2. The quantitative estimate of drug-likeness (QED) is 0.378. The summed E-state index contributed by atoms with van der Waals surface area (Å²) >= 11 is 0. The molecular formula is C28H30N6O3. The molecule has 0 fully saturated rings. The van der Waals surface area contributed by atoms with E-state index >= 15 is 0 Å². The first-order valence-corrected chi connectivity index (χ1v) is 12.2. The van der Waals surface area contributed by atoms with Crippen LogP contribution in [-0.4, -0.2) is 30.2 Å². The summed E-state index contributed by atoms with van der Waals surface area (Å²) in [6.45, 7) is 12.0. The lowest BCUT2D eigenvalue weighted by Gasteiger charge is -2.12. The van der Waals surface area contributed by atoms with Gasteiger partial charge in [0.15, 0.2) is 5.82 Å². The van der Waals surface area contributed by atoms with Gasteiger partial charge in [0.2, 0.25) is 11.8 Å². The number of nitrogens with zero attached hydrogens (tertiary/aromatic N) is 5. The SMILES string of the molecule is Cc1ccc2c(c1)c1ncn(Cc3nc(C(C)(C)C)no3)c(=O)c1n2CC(=O)Nc1cccc(C)c1C. The van der Waals surface area contributed by atoms with Crippen LogP contribution in [0.2, 0.25) is 0 Å². The molecule has 3 heterocycles. The van der Waals surface area contributed by atoms with Gasteiger partial charge >= 0.3 is 0 Å². The molecule has 0 saturated heterocycles. The van der Waals surface area contributed by atoms with Crippen molar-refractivity contribution in [2.24, 2.45) is 0 Å². The molecule has 9 nitrogen and oxygen atoms in total. The van der Waals surface area contributed by atoms with E-state index in [1.165, 1.54) is 10.9 Å². The molecule has 190 valence electrons. The molecule has 1 amide bonds. The first kappa shape index (κ1) is 24.4. The van der Waals surface area contributed by atoms with Crippen LogP contribution in [0.1, 0.15) is 49.2 Å². The summed E-state index contributed by atoms with van der Waals surface area (Å²) in [4.78, 5) is 36.0. The smallest absolute Gasteiger partial charge is 0.278 e. The fourth-order valence-electron chi connectivity index (χ4n) is 4.38. The van der Waals surface area contributed by atoms with Crippen LogP contribution >= 0.6 is 0 Å². The lowest BCUT2D eigenvalue weighted by atomic mass is 9.96. The maximum atomic E-state index is 13.7. The van der Waals surface area contributed by atoms with Gasteiger partial charge in [0.1, 0.15) is 24.1 Å². The molecule has 0 aliphatic carbocycles. The van der Waals surface area contributed by atoms with Crippen molar-refractivity contribution in [3.8, 4) is 0 Å². The highest BCUT2D eigenvalue weighted by molar-refractivity contribution is 6.06. The van der Waals surface area contributed by atoms with E-state index in [9.17, 15) is 9.59 Å². The third kappa shape index (κ3) is 4.52. The zero-order valence-corrected chi connectivity index (χ0v) is 21.9. The summed E-state index contributed by atoms with van der Waals surface area (Å²) in [6.07, 6.45) is 1.49. The molecule has 3 aromatic heterocycles. The van der Waals surface area contributed by atoms with Gasteiger partial charge < -0.3 is 14.4 Å². The van der Waals surface area contributed by atoms with E-state index in [1.54, 1.807) is 4.57 Å². The number of hydrogen-bond donors (Lipinski definition) is 1. The van der Waals surface area contributed by atoms with Crippen LogP contribution in [0.15, 0.2) is 52.0 Å². The van der Waals surface area contributed by atoms with Gasteiger partial charge in [-0.3, -0.25) is 14.2 Å². The van der Waals surface area contributed by atoms with E-state index in [1.807, 2.05) is 77.9 Å². The van der Waals surface area contributed by atoms with E-state index < -0.39 is 0 Å². The average molecular weight is 499 g/mol. The normalized spacial score (nSPS) is 11.9. The third-order valence-electron chi connectivity index (χ3n) is 6.61. The Morgan fingerprint density at radius 2 is 1.89 bits per heavy atom. The fourth-order valence-corrected chi connectivity index (χ4v) is 4.38. The van der Waals surface area contributed by atoms with Crippen molar-refractivity contribution >= 4 is 33.5 Å². The summed E-state index contributed by atoms with van der Waals surface area (Å²) in [7, 11) is 0. The van der Waals surface area contributed by atoms with E-state index in [4.69, 9.17) is 4.52 Å². The molecule has 5 rings (SSSR count). The van der Waals surface area contributed by atoms with Crippen LogP contribution in [0.25, 0.3) is 21.9 Å². The summed E-state index contributed by atoms with van der Waals surface area (Å²) in [5, 5.41) is 7.87. The van der Waals surface area contributed by atoms with Crippen LogP contribution in [0.3, 0.4) is 0 Å². The van der Waals surface area contributed by atoms with Crippen molar-refractivity contribution in [2.75, 3.05) is 5.32 Å². The molecule has 0 spiro atoms. The molecule has 0 aliphatic heterocycles. The molecule has 0 atom stereocenters. The van der Waals surface area contributed by atoms with E-state index in [0.717, 1.165) is 33.3 Å². The molecule has 0 radical (unpaired) electrons. The molecule has 0 aliphatic rings. The molecule has 5 aromatic rings. The third-order valence-corrected chi connectivity index (χ3v) is 6.61. The van der Waals surface area contributed by atoms with Gasteiger partial charge in [-0.15, -0.1) is 0 Å². The number of aryl methyl sites for hydroxylation is 2. The van der Waals surface area contributed by atoms with Gasteiger partial charge in [-0.1, -0.05) is 49.7 Å². The Kier molecular flexibility index (Phi) is 5.94. The second-order valence-corrected chi connectivity index (χ2v) is 10.5. The number of rotatable bonds is 5. The average Bonchev–Trinajstić information content (AvgIpc) is 3.42. The molecule has 37 heavy (non-hydrogen) atoms.